The topological polar surface area (TPSA) is 127 Å². The molecule has 0 amide bonds. The van der Waals surface area contributed by atoms with Gasteiger partial charge in [0.1, 0.15) is 6.54 Å². The van der Waals surface area contributed by atoms with Crippen LogP contribution < -0.4 is 4.72 Å². The molecule has 0 fully saturated rings. The molecule has 0 unspecified atom stereocenters. The van der Waals surface area contributed by atoms with E-state index in [1.54, 1.807) is 12.1 Å². The van der Waals surface area contributed by atoms with Gasteiger partial charge in [0.2, 0.25) is 15.8 Å². The molecule has 2 N–H and O–H groups in total. The first-order valence-electron chi connectivity index (χ1n) is 8.48. The summed E-state index contributed by atoms with van der Waals surface area (Å²) in [6.45, 7) is 3.54. The molecule has 0 saturated carbocycles. The average molecular weight is 401 g/mol. The van der Waals surface area contributed by atoms with Crippen LogP contribution in [0.3, 0.4) is 0 Å². The van der Waals surface area contributed by atoms with Crippen LogP contribution >= 0.6 is 0 Å². The average Bonchev–Trinajstić information content (AvgIpc) is 3.17. The van der Waals surface area contributed by atoms with Crippen molar-refractivity contribution >= 4 is 16.0 Å². The van der Waals surface area contributed by atoms with Crippen molar-refractivity contribution in [3.63, 3.8) is 0 Å². The second-order valence-corrected chi connectivity index (χ2v) is 8.16. The molecule has 0 aliphatic heterocycles. The van der Waals surface area contributed by atoms with Gasteiger partial charge in [-0.1, -0.05) is 26.0 Å². The van der Waals surface area contributed by atoms with Crippen LogP contribution in [-0.2, 0) is 14.8 Å². The number of nitrogens with zero attached hydrogens (tertiary/aromatic N) is 4. The molecule has 2 aromatic carbocycles. The molecular formula is C18H19N5O4S. The maximum Gasteiger partial charge on any atom is 0.318 e. The van der Waals surface area contributed by atoms with Gasteiger partial charge in [-0.15, -0.1) is 15.0 Å². The van der Waals surface area contributed by atoms with Crippen molar-refractivity contribution in [2.24, 2.45) is 0 Å². The van der Waals surface area contributed by atoms with Crippen molar-refractivity contribution in [1.29, 1.82) is 0 Å². The first-order chi connectivity index (χ1) is 13.3. The third-order valence-electron chi connectivity index (χ3n) is 4.04. The Labute approximate surface area is 162 Å². The smallest absolute Gasteiger partial charge is 0.318 e. The zero-order valence-corrected chi connectivity index (χ0v) is 16.1. The predicted octanol–water partition coefficient (Wildman–Crippen LogP) is 1.82. The SMILES string of the molecule is CC(C)c1ccc(-n2nnc(-c3ccc(S(=O)(=O)NCC(=O)O)cc3)n2)cc1. The van der Waals surface area contributed by atoms with Gasteiger partial charge in [0.05, 0.1) is 10.6 Å². The van der Waals surface area contributed by atoms with Gasteiger partial charge in [-0.2, -0.15) is 4.72 Å². The zero-order valence-electron chi connectivity index (χ0n) is 15.3. The molecule has 0 bridgehead atoms. The van der Waals surface area contributed by atoms with Gasteiger partial charge in [-0.05, 0) is 53.1 Å². The van der Waals surface area contributed by atoms with Gasteiger partial charge in [0.25, 0.3) is 0 Å². The van der Waals surface area contributed by atoms with E-state index in [9.17, 15) is 13.2 Å². The van der Waals surface area contributed by atoms with E-state index in [0.29, 0.717) is 17.3 Å². The van der Waals surface area contributed by atoms with Crippen molar-refractivity contribution in [2.75, 3.05) is 6.54 Å². The summed E-state index contributed by atoms with van der Waals surface area (Å²) < 4.78 is 26.1. The summed E-state index contributed by atoms with van der Waals surface area (Å²) in [5.41, 5.74) is 2.56. The number of aromatic nitrogens is 4. The van der Waals surface area contributed by atoms with Crippen molar-refractivity contribution in [1.82, 2.24) is 24.9 Å². The minimum Gasteiger partial charge on any atom is -0.480 e. The number of aliphatic carboxylic acids is 1. The number of nitrogens with one attached hydrogen (secondary N) is 1. The highest BCUT2D eigenvalue weighted by Crippen LogP contribution is 2.19. The highest BCUT2D eigenvalue weighted by molar-refractivity contribution is 7.89. The number of hydrogen-bond acceptors (Lipinski definition) is 6. The van der Waals surface area contributed by atoms with Gasteiger partial charge in [-0.25, -0.2) is 8.42 Å². The van der Waals surface area contributed by atoms with Crippen LogP contribution in [0.5, 0.6) is 0 Å². The van der Waals surface area contributed by atoms with Crippen molar-refractivity contribution in [2.45, 2.75) is 24.7 Å². The minimum atomic E-state index is -3.90. The standard InChI is InChI=1S/C18H19N5O4S/c1-12(2)13-3-7-15(8-4-13)23-21-18(20-22-23)14-5-9-16(10-6-14)28(26,27)19-11-17(24)25/h3-10,12,19H,11H2,1-2H3,(H,24,25). The van der Waals surface area contributed by atoms with Crippen LogP contribution in [0.2, 0.25) is 0 Å². The molecule has 0 saturated heterocycles. The Balaban J connectivity index is 1.79. The number of tetrazole rings is 1. The monoisotopic (exact) mass is 401 g/mol. The fourth-order valence-corrected chi connectivity index (χ4v) is 3.43. The third-order valence-corrected chi connectivity index (χ3v) is 5.46. The molecule has 146 valence electrons. The Morgan fingerprint density at radius 3 is 2.32 bits per heavy atom. The number of hydrogen-bond donors (Lipinski definition) is 2. The second kappa shape index (κ2) is 7.87. The molecule has 0 atom stereocenters. The van der Waals surface area contributed by atoms with E-state index in [1.807, 2.05) is 29.0 Å². The molecule has 10 heteroatoms. The highest BCUT2D eigenvalue weighted by Gasteiger charge is 2.16. The lowest BCUT2D eigenvalue weighted by atomic mass is 10.0. The molecule has 1 heterocycles. The number of rotatable bonds is 7. The number of carboxylic acids is 1. The van der Waals surface area contributed by atoms with Crippen LogP contribution in [0.1, 0.15) is 25.3 Å². The molecular weight excluding hydrogens is 382 g/mol. The van der Waals surface area contributed by atoms with Gasteiger partial charge in [0.15, 0.2) is 0 Å². The molecule has 0 aliphatic rings. The van der Waals surface area contributed by atoms with Gasteiger partial charge >= 0.3 is 5.97 Å². The Hall–Kier alpha value is -3.11. The first kappa shape index (κ1) is 19.6. The Bertz CT molecular complexity index is 1070. The molecule has 0 spiro atoms. The van der Waals surface area contributed by atoms with E-state index >= 15 is 0 Å². The maximum atomic E-state index is 12.0. The molecule has 28 heavy (non-hydrogen) atoms. The van der Waals surface area contributed by atoms with E-state index in [-0.39, 0.29) is 4.90 Å². The summed E-state index contributed by atoms with van der Waals surface area (Å²) in [6.07, 6.45) is 0. The summed E-state index contributed by atoms with van der Waals surface area (Å²) in [5.74, 6) is -0.495. The zero-order chi connectivity index (χ0) is 20.3. The number of benzene rings is 2. The van der Waals surface area contributed by atoms with E-state index in [1.165, 1.54) is 22.5 Å². The summed E-state index contributed by atoms with van der Waals surface area (Å²) >= 11 is 0. The number of sulfonamides is 1. The predicted molar refractivity (Wildman–Crippen MR) is 102 cm³/mol. The van der Waals surface area contributed by atoms with Crippen LogP contribution in [-0.4, -0.2) is 46.2 Å². The first-order valence-corrected chi connectivity index (χ1v) is 9.97. The minimum absolute atomic E-state index is 0.0471. The second-order valence-electron chi connectivity index (χ2n) is 6.39. The fourth-order valence-electron chi connectivity index (χ4n) is 2.46. The fraction of sp³-hybridized carbons (Fsp3) is 0.222. The lowest BCUT2D eigenvalue weighted by molar-refractivity contribution is -0.135. The Morgan fingerprint density at radius 2 is 1.75 bits per heavy atom. The Morgan fingerprint density at radius 1 is 1.11 bits per heavy atom. The molecule has 1 aromatic heterocycles. The van der Waals surface area contributed by atoms with Gasteiger partial charge < -0.3 is 5.11 Å². The normalized spacial score (nSPS) is 11.7. The molecule has 3 rings (SSSR count). The van der Waals surface area contributed by atoms with Gasteiger partial charge in [-0.3, -0.25) is 4.79 Å². The van der Waals surface area contributed by atoms with E-state index < -0.39 is 22.5 Å². The number of carboxylic acid groups (broad SMARTS) is 1. The molecule has 0 radical (unpaired) electrons. The van der Waals surface area contributed by atoms with Crippen molar-refractivity contribution < 1.29 is 18.3 Å². The van der Waals surface area contributed by atoms with Crippen LogP contribution in [0.25, 0.3) is 17.1 Å². The maximum absolute atomic E-state index is 12.0. The van der Waals surface area contributed by atoms with Crippen molar-refractivity contribution in [3.05, 3.63) is 54.1 Å². The summed E-state index contributed by atoms with van der Waals surface area (Å²) in [4.78, 5) is 11.9. The lowest BCUT2D eigenvalue weighted by Crippen LogP contribution is -2.29. The molecule has 0 aliphatic carbocycles. The summed E-state index contributed by atoms with van der Waals surface area (Å²) in [7, 11) is -3.90. The Kier molecular flexibility index (Phi) is 5.52. The van der Waals surface area contributed by atoms with Crippen LogP contribution in [0.15, 0.2) is 53.4 Å². The van der Waals surface area contributed by atoms with Gasteiger partial charge in [0, 0.05) is 5.56 Å². The third kappa shape index (κ3) is 4.41. The van der Waals surface area contributed by atoms with E-state index in [0.717, 1.165) is 5.69 Å². The number of carbonyl (C=O) groups is 1. The van der Waals surface area contributed by atoms with E-state index in [2.05, 4.69) is 29.3 Å². The molecule has 3 aromatic rings. The van der Waals surface area contributed by atoms with Crippen molar-refractivity contribution in [3.8, 4) is 17.1 Å². The largest absolute Gasteiger partial charge is 0.480 e. The van der Waals surface area contributed by atoms with Crippen LogP contribution in [0.4, 0.5) is 0 Å². The molecule has 9 nitrogen and oxygen atoms in total. The van der Waals surface area contributed by atoms with Crippen LogP contribution in [0, 0.1) is 0 Å². The highest BCUT2D eigenvalue weighted by atomic mass is 32.2. The summed E-state index contributed by atoms with van der Waals surface area (Å²) in [5, 5.41) is 21.0. The van der Waals surface area contributed by atoms with E-state index in [4.69, 9.17) is 5.11 Å². The quantitative estimate of drug-likeness (QED) is 0.618. The lowest BCUT2D eigenvalue weighted by Gasteiger charge is -2.05. The summed E-state index contributed by atoms with van der Waals surface area (Å²) in [6, 6.07) is 13.6.